The Hall–Kier alpha value is -2.65. The molecule has 0 amide bonds. The summed E-state index contributed by atoms with van der Waals surface area (Å²) in [5.74, 6) is -1.10. The lowest BCUT2D eigenvalue weighted by atomic mass is 10.0. The molecule has 2 aromatic rings. The van der Waals surface area contributed by atoms with Crippen LogP contribution in [0.5, 0.6) is 0 Å². The predicted molar refractivity (Wildman–Crippen MR) is 91.9 cm³/mol. The summed E-state index contributed by atoms with van der Waals surface area (Å²) in [6, 6.07) is 2.15. The SMILES string of the molecule is Cn1cc(CC(N)C(=O)O)c2c(N3CCOCC3)ccc([N+](=O)[O-])c21. The molecule has 134 valence electrons. The van der Waals surface area contributed by atoms with E-state index >= 15 is 0 Å². The molecule has 1 atom stereocenters. The zero-order valence-electron chi connectivity index (χ0n) is 13.8. The number of rotatable bonds is 5. The van der Waals surface area contributed by atoms with Gasteiger partial charge in [0.05, 0.1) is 18.1 Å². The zero-order valence-corrected chi connectivity index (χ0v) is 13.8. The van der Waals surface area contributed by atoms with Gasteiger partial charge in [-0.15, -0.1) is 0 Å². The number of carboxylic acids is 1. The Morgan fingerprint density at radius 2 is 2.12 bits per heavy atom. The number of benzene rings is 1. The van der Waals surface area contributed by atoms with Crippen LogP contribution in [0.1, 0.15) is 5.56 Å². The van der Waals surface area contributed by atoms with Gasteiger partial charge >= 0.3 is 5.97 Å². The van der Waals surface area contributed by atoms with Crippen molar-refractivity contribution in [3.8, 4) is 0 Å². The summed E-state index contributed by atoms with van der Waals surface area (Å²) in [5.41, 5.74) is 7.70. The zero-order chi connectivity index (χ0) is 18.1. The number of fused-ring (bicyclic) bond motifs is 1. The Bertz CT molecular complexity index is 826. The number of aryl methyl sites for hydroxylation is 1. The number of nitrogens with two attached hydrogens (primary N) is 1. The summed E-state index contributed by atoms with van der Waals surface area (Å²) < 4.78 is 7.04. The third-order valence-corrected chi connectivity index (χ3v) is 4.46. The highest BCUT2D eigenvalue weighted by atomic mass is 16.6. The van der Waals surface area contributed by atoms with Gasteiger partial charge in [0.2, 0.25) is 0 Å². The topological polar surface area (TPSA) is 124 Å². The molecule has 3 rings (SSSR count). The minimum atomic E-state index is -1.10. The molecule has 1 fully saturated rings. The fraction of sp³-hybridized carbons (Fsp3) is 0.438. The van der Waals surface area contributed by atoms with Gasteiger partial charge in [0.25, 0.3) is 5.69 Å². The number of non-ortho nitro benzene ring substituents is 1. The lowest BCUT2D eigenvalue weighted by Crippen LogP contribution is -2.36. The second-order valence-electron chi connectivity index (χ2n) is 6.10. The minimum absolute atomic E-state index is 0.00958. The maximum atomic E-state index is 11.4. The Morgan fingerprint density at radius 1 is 1.44 bits per heavy atom. The van der Waals surface area contributed by atoms with Gasteiger partial charge in [-0.1, -0.05) is 0 Å². The van der Waals surface area contributed by atoms with Crippen LogP contribution in [0.4, 0.5) is 11.4 Å². The highest BCUT2D eigenvalue weighted by Gasteiger charge is 2.26. The van der Waals surface area contributed by atoms with Crippen molar-refractivity contribution in [1.29, 1.82) is 0 Å². The van der Waals surface area contributed by atoms with Gasteiger partial charge in [0, 0.05) is 49.9 Å². The number of carbonyl (C=O) groups is 1. The summed E-state index contributed by atoms with van der Waals surface area (Å²) >= 11 is 0. The van der Waals surface area contributed by atoms with Crippen LogP contribution >= 0.6 is 0 Å². The molecular formula is C16H20N4O5. The average molecular weight is 348 g/mol. The normalized spacial score (nSPS) is 16.2. The molecule has 0 bridgehead atoms. The number of ether oxygens (including phenoxy) is 1. The first-order chi connectivity index (χ1) is 11.9. The quantitative estimate of drug-likeness (QED) is 0.607. The molecule has 9 nitrogen and oxygen atoms in total. The van der Waals surface area contributed by atoms with E-state index in [-0.39, 0.29) is 12.1 Å². The van der Waals surface area contributed by atoms with Crippen LogP contribution in [0.15, 0.2) is 18.3 Å². The van der Waals surface area contributed by atoms with Gasteiger partial charge in [-0.05, 0) is 11.6 Å². The second-order valence-corrected chi connectivity index (χ2v) is 6.10. The van der Waals surface area contributed by atoms with Gasteiger partial charge in [0.15, 0.2) is 0 Å². The van der Waals surface area contributed by atoms with Crippen LogP contribution in [0.2, 0.25) is 0 Å². The van der Waals surface area contributed by atoms with Crippen LogP contribution in [-0.4, -0.2) is 52.9 Å². The molecule has 0 saturated carbocycles. The first-order valence-electron chi connectivity index (χ1n) is 7.96. The largest absolute Gasteiger partial charge is 0.480 e. The van der Waals surface area contributed by atoms with Gasteiger partial charge in [-0.3, -0.25) is 14.9 Å². The molecule has 1 aromatic carbocycles. The van der Waals surface area contributed by atoms with E-state index in [1.807, 2.05) is 0 Å². The summed E-state index contributed by atoms with van der Waals surface area (Å²) in [5, 5.41) is 21.2. The van der Waals surface area contributed by atoms with E-state index in [1.165, 1.54) is 6.07 Å². The first kappa shape index (κ1) is 17.2. The third-order valence-electron chi connectivity index (χ3n) is 4.46. The number of nitro benzene ring substituents is 1. The Morgan fingerprint density at radius 3 is 2.72 bits per heavy atom. The van der Waals surface area contributed by atoms with E-state index in [0.29, 0.717) is 42.8 Å². The average Bonchev–Trinajstić information content (AvgIpc) is 2.91. The van der Waals surface area contributed by atoms with E-state index in [4.69, 9.17) is 15.6 Å². The van der Waals surface area contributed by atoms with E-state index in [0.717, 1.165) is 5.69 Å². The summed E-state index contributed by atoms with van der Waals surface area (Å²) in [7, 11) is 1.72. The molecule has 9 heteroatoms. The van der Waals surface area contributed by atoms with E-state index in [9.17, 15) is 14.9 Å². The van der Waals surface area contributed by atoms with Crippen molar-refractivity contribution in [2.45, 2.75) is 12.5 Å². The summed E-state index contributed by atoms with van der Waals surface area (Å²) in [4.78, 5) is 24.3. The van der Waals surface area contributed by atoms with E-state index in [1.54, 1.807) is 23.9 Å². The number of morpholine rings is 1. The molecule has 0 spiro atoms. The van der Waals surface area contributed by atoms with Crippen molar-refractivity contribution < 1.29 is 19.6 Å². The van der Waals surface area contributed by atoms with Crippen molar-refractivity contribution in [3.63, 3.8) is 0 Å². The van der Waals surface area contributed by atoms with Crippen molar-refractivity contribution in [2.24, 2.45) is 12.8 Å². The highest BCUT2D eigenvalue weighted by Crippen LogP contribution is 2.37. The van der Waals surface area contributed by atoms with Crippen molar-refractivity contribution >= 4 is 28.2 Å². The van der Waals surface area contributed by atoms with Crippen molar-refractivity contribution in [1.82, 2.24) is 4.57 Å². The molecule has 3 N–H and O–H groups in total. The molecule has 2 heterocycles. The lowest BCUT2D eigenvalue weighted by Gasteiger charge is -2.29. The smallest absolute Gasteiger partial charge is 0.320 e. The molecule has 1 aromatic heterocycles. The number of carboxylic acid groups (broad SMARTS) is 1. The third kappa shape index (κ3) is 3.15. The molecular weight excluding hydrogens is 328 g/mol. The van der Waals surface area contributed by atoms with Gasteiger partial charge in [-0.25, -0.2) is 0 Å². The Labute approximate surface area is 143 Å². The van der Waals surface area contributed by atoms with Crippen LogP contribution in [0.25, 0.3) is 10.9 Å². The fourth-order valence-corrected chi connectivity index (χ4v) is 3.30. The summed E-state index contributed by atoms with van der Waals surface area (Å²) in [6.45, 7) is 2.50. The van der Waals surface area contributed by atoms with E-state index < -0.39 is 16.9 Å². The molecule has 0 radical (unpaired) electrons. The van der Waals surface area contributed by atoms with Crippen LogP contribution in [-0.2, 0) is 23.0 Å². The first-order valence-corrected chi connectivity index (χ1v) is 7.96. The number of hydrogen-bond donors (Lipinski definition) is 2. The van der Waals surface area contributed by atoms with Crippen LogP contribution in [0, 0.1) is 10.1 Å². The number of nitro groups is 1. The second kappa shape index (κ2) is 6.69. The molecule has 1 saturated heterocycles. The molecule has 1 aliphatic heterocycles. The van der Waals surface area contributed by atoms with Crippen LogP contribution < -0.4 is 10.6 Å². The fourth-order valence-electron chi connectivity index (χ4n) is 3.30. The lowest BCUT2D eigenvalue weighted by molar-refractivity contribution is -0.383. The van der Waals surface area contributed by atoms with Gasteiger partial charge in [-0.2, -0.15) is 0 Å². The summed E-state index contributed by atoms with van der Waals surface area (Å²) in [6.07, 6.45) is 1.83. The number of hydrogen-bond acceptors (Lipinski definition) is 6. The number of anilines is 1. The monoisotopic (exact) mass is 348 g/mol. The van der Waals surface area contributed by atoms with E-state index in [2.05, 4.69) is 4.90 Å². The van der Waals surface area contributed by atoms with Crippen LogP contribution in [0.3, 0.4) is 0 Å². The van der Waals surface area contributed by atoms with Crippen molar-refractivity contribution in [2.75, 3.05) is 31.2 Å². The maximum Gasteiger partial charge on any atom is 0.320 e. The molecule has 25 heavy (non-hydrogen) atoms. The Kier molecular flexibility index (Phi) is 4.60. The minimum Gasteiger partial charge on any atom is -0.480 e. The van der Waals surface area contributed by atoms with Gasteiger partial charge < -0.3 is 25.0 Å². The molecule has 1 unspecified atom stereocenters. The molecule has 1 aliphatic rings. The Balaban J connectivity index is 2.19. The maximum absolute atomic E-state index is 11.4. The molecule has 0 aliphatic carbocycles. The highest BCUT2D eigenvalue weighted by molar-refractivity contribution is 6.01. The van der Waals surface area contributed by atoms with Gasteiger partial charge in [0.1, 0.15) is 11.6 Å². The number of aromatic nitrogens is 1. The predicted octanol–water partition coefficient (Wildman–Crippen LogP) is 0.878. The van der Waals surface area contributed by atoms with Crippen molar-refractivity contribution in [3.05, 3.63) is 34.0 Å². The number of nitrogens with zero attached hydrogens (tertiary/aromatic N) is 3. The number of aliphatic carboxylic acids is 1. The standard InChI is InChI=1S/C16H20N4O5/c1-18-9-10(8-11(17)16(21)22)14-12(19-4-6-25-7-5-19)2-3-13(15(14)18)20(23)24/h2-3,9,11H,4-8,17H2,1H3,(H,21,22).